The lowest BCUT2D eigenvalue weighted by atomic mass is 10.0. The van der Waals surface area contributed by atoms with Gasteiger partial charge in [0.1, 0.15) is 16.8 Å². The first-order valence-electron chi connectivity index (χ1n) is 13.5. The van der Waals surface area contributed by atoms with Gasteiger partial charge >= 0.3 is 0 Å². The molecule has 2 atom stereocenters. The van der Waals surface area contributed by atoms with E-state index in [2.05, 4.69) is 28.1 Å². The minimum Gasteiger partial charge on any atom is -0.352 e. The van der Waals surface area contributed by atoms with Crippen LogP contribution in [0.1, 0.15) is 44.7 Å². The molecule has 2 unspecified atom stereocenters. The standard InChI is InChI=1S/C31H36ClN5O2S2/c1-31(2,3)37(41(4)39)28(38)17-14-21-10-12-22(13-11-21)18-27(36-30(40)35-24-8-6-5-7-9-24)29-33-25-16-15-23(32)19-26(20-25)34-29/h5-13,15-16,19,27H,14,17-18,20H2,1-4H3,(H,33,34)(H2,35,36,40). The molecule has 2 aromatic rings. The monoisotopic (exact) mass is 609 g/mol. The molecule has 10 heteroatoms. The fourth-order valence-electron chi connectivity index (χ4n) is 4.76. The molecular formula is C31H36ClN5O2S2. The number of nitrogens with zero attached hydrogens (tertiary/aromatic N) is 2. The summed E-state index contributed by atoms with van der Waals surface area (Å²) in [6.07, 6.45) is 9.42. The number of nitrogens with one attached hydrogen (secondary N) is 3. The lowest BCUT2D eigenvalue weighted by molar-refractivity contribution is -0.129. The molecular weight excluding hydrogens is 574 g/mol. The molecule has 4 rings (SSSR count). The minimum atomic E-state index is -1.37. The zero-order valence-corrected chi connectivity index (χ0v) is 26.1. The maximum atomic E-state index is 12.8. The molecule has 1 heterocycles. The highest BCUT2D eigenvalue weighted by Gasteiger charge is 2.29. The summed E-state index contributed by atoms with van der Waals surface area (Å²) < 4.78 is 13.6. The van der Waals surface area contributed by atoms with Crippen molar-refractivity contribution in [3.63, 3.8) is 0 Å². The number of carbonyl (C=O) groups excluding carboxylic acids is 1. The molecule has 0 radical (unpaired) electrons. The predicted octanol–water partition coefficient (Wildman–Crippen LogP) is 5.73. The van der Waals surface area contributed by atoms with Gasteiger partial charge in [-0.3, -0.25) is 9.10 Å². The van der Waals surface area contributed by atoms with Gasteiger partial charge in [-0.05, 0) is 87.3 Å². The van der Waals surface area contributed by atoms with Gasteiger partial charge in [0.05, 0.1) is 6.04 Å². The van der Waals surface area contributed by atoms with Gasteiger partial charge in [0.25, 0.3) is 0 Å². The number of hydrogen-bond acceptors (Lipinski definition) is 5. The van der Waals surface area contributed by atoms with E-state index >= 15 is 0 Å². The molecule has 41 heavy (non-hydrogen) atoms. The molecule has 1 amide bonds. The maximum absolute atomic E-state index is 12.8. The van der Waals surface area contributed by atoms with Crippen LogP contribution in [0.25, 0.3) is 0 Å². The molecule has 0 spiro atoms. The maximum Gasteiger partial charge on any atom is 0.235 e. The van der Waals surface area contributed by atoms with E-state index in [1.165, 1.54) is 4.31 Å². The van der Waals surface area contributed by atoms with Crippen molar-refractivity contribution in [1.29, 1.82) is 0 Å². The Labute approximate surface area is 255 Å². The molecule has 3 N–H and O–H groups in total. The Morgan fingerprint density at radius 1 is 1.12 bits per heavy atom. The number of amides is 1. The van der Waals surface area contributed by atoms with Crippen molar-refractivity contribution in [2.75, 3.05) is 11.6 Å². The van der Waals surface area contributed by atoms with Crippen molar-refractivity contribution >= 4 is 57.3 Å². The van der Waals surface area contributed by atoms with Crippen LogP contribution in [-0.2, 0) is 28.6 Å². The lowest BCUT2D eigenvalue weighted by Gasteiger charge is -2.33. The number of rotatable bonds is 9. The normalized spacial score (nSPS) is 16.0. The predicted molar refractivity (Wildman–Crippen MR) is 174 cm³/mol. The number of amidine groups is 1. The molecule has 2 aliphatic rings. The molecule has 216 valence electrons. The number of aryl methyl sites for hydroxylation is 1. The third-order valence-electron chi connectivity index (χ3n) is 6.52. The van der Waals surface area contributed by atoms with Crippen molar-refractivity contribution in [2.45, 2.75) is 58.0 Å². The fraction of sp³-hybridized carbons (Fsp3) is 0.323. The largest absolute Gasteiger partial charge is 0.352 e. The van der Waals surface area contributed by atoms with Crippen molar-refractivity contribution in [3.05, 3.63) is 100 Å². The number of fused-ring (bicyclic) bond motifs is 2. The lowest BCUT2D eigenvalue weighted by Crippen LogP contribution is -2.50. The quantitative estimate of drug-likeness (QED) is 0.315. The molecule has 7 nitrogen and oxygen atoms in total. The Kier molecular flexibility index (Phi) is 10.2. The molecule has 0 saturated heterocycles. The van der Waals surface area contributed by atoms with Crippen LogP contribution in [0.3, 0.4) is 0 Å². The summed E-state index contributed by atoms with van der Waals surface area (Å²) in [6.45, 7) is 5.68. The highest BCUT2D eigenvalue weighted by molar-refractivity contribution is 7.82. The molecule has 0 aromatic heterocycles. The Hall–Kier alpha value is -3.27. The average molecular weight is 610 g/mol. The zero-order chi connectivity index (χ0) is 29.6. The number of thiocarbonyl (C=S) groups is 1. The van der Waals surface area contributed by atoms with E-state index in [-0.39, 0.29) is 11.9 Å². The van der Waals surface area contributed by atoms with Crippen LogP contribution in [0.2, 0.25) is 0 Å². The fourth-order valence-corrected chi connectivity index (χ4v) is 6.37. The third kappa shape index (κ3) is 8.86. The topological polar surface area (TPSA) is 85.8 Å². The molecule has 1 aliphatic carbocycles. The van der Waals surface area contributed by atoms with E-state index in [4.69, 9.17) is 28.8 Å². The highest BCUT2D eigenvalue weighted by Crippen LogP contribution is 2.24. The summed E-state index contributed by atoms with van der Waals surface area (Å²) in [5.41, 5.74) is 4.42. The number of anilines is 1. The molecule has 0 fully saturated rings. The van der Waals surface area contributed by atoms with E-state index in [1.54, 1.807) is 6.26 Å². The summed E-state index contributed by atoms with van der Waals surface area (Å²) in [6, 6.07) is 17.7. The number of halogens is 1. The number of para-hydroxylation sites is 1. The molecule has 0 saturated carbocycles. The van der Waals surface area contributed by atoms with Gasteiger partial charge in [0, 0.05) is 46.8 Å². The first-order chi connectivity index (χ1) is 19.5. The smallest absolute Gasteiger partial charge is 0.235 e. The number of carbonyl (C=O) groups is 1. The van der Waals surface area contributed by atoms with Crippen LogP contribution in [0, 0.1) is 0 Å². The van der Waals surface area contributed by atoms with Gasteiger partial charge in [-0.1, -0.05) is 54.1 Å². The Balaban J connectivity index is 1.47. The van der Waals surface area contributed by atoms with E-state index in [0.29, 0.717) is 35.8 Å². The molecule has 2 aromatic carbocycles. The van der Waals surface area contributed by atoms with Gasteiger partial charge in [-0.25, -0.2) is 9.20 Å². The van der Waals surface area contributed by atoms with Crippen molar-refractivity contribution < 1.29 is 9.00 Å². The summed E-state index contributed by atoms with van der Waals surface area (Å²) in [5, 5.41) is 11.3. The molecule has 1 aliphatic heterocycles. The minimum absolute atomic E-state index is 0.118. The zero-order valence-electron chi connectivity index (χ0n) is 23.7. The van der Waals surface area contributed by atoms with Gasteiger partial charge in [0.2, 0.25) is 5.91 Å². The first-order valence-corrected chi connectivity index (χ1v) is 15.8. The van der Waals surface area contributed by atoms with E-state index in [0.717, 1.165) is 34.0 Å². The van der Waals surface area contributed by atoms with E-state index in [9.17, 15) is 9.00 Å². The summed E-state index contributed by atoms with van der Waals surface area (Å²) in [7, 11) is -1.37. The number of aliphatic imine (C=N–C) groups is 1. The second kappa shape index (κ2) is 13.6. The van der Waals surface area contributed by atoms with Gasteiger partial charge in [-0.2, -0.15) is 0 Å². The SMILES string of the molecule is CS(=O)N(C(=O)CCc1ccc(CC(NC(=S)Nc2ccccc2)C2=NC3=CC=C(Cl)C=C(C3)N2)cc1)C(C)(C)C. The number of hydrogen-bond donors (Lipinski definition) is 3. The summed E-state index contributed by atoms with van der Waals surface area (Å²) in [4.78, 5) is 17.7. The van der Waals surface area contributed by atoms with Crippen molar-refractivity contribution in [2.24, 2.45) is 4.99 Å². The average Bonchev–Trinajstić information content (AvgIpc) is 3.03. The summed E-state index contributed by atoms with van der Waals surface area (Å²) in [5.74, 6) is 0.641. The Morgan fingerprint density at radius 2 is 1.80 bits per heavy atom. The Bertz CT molecular complexity index is 1430. The van der Waals surface area contributed by atoms with Gasteiger partial charge in [-0.15, -0.1) is 0 Å². The third-order valence-corrected chi connectivity index (χ3v) is 8.24. The van der Waals surface area contributed by atoms with Gasteiger partial charge < -0.3 is 16.0 Å². The summed E-state index contributed by atoms with van der Waals surface area (Å²) >= 11 is 12.0. The first kappa shape index (κ1) is 30.7. The van der Waals surface area contributed by atoms with Crippen LogP contribution in [-0.4, -0.2) is 43.2 Å². The van der Waals surface area contributed by atoms with Crippen LogP contribution in [0.5, 0.6) is 0 Å². The van der Waals surface area contributed by atoms with E-state index in [1.807, 2.05) is 81.5 Å². The van der Waals surface area contributed by atoms with Crippen molar-refractivity contribution in [1.82, 2.24) is 14.9 Å². The van der Waals surface area contributed by atoms with Crippen LogP contribution in [0.4, 0.5) is 5.69 Å². The number of benzene rings is 2. The molecule has 2 bridgehead atoms. The Morgan fingerprint density at radius 3 is 2.46 bits per heavy atom. The van der Waals surface area contributed by atoms with Crippen molar-refractivity contribution in [3.8, 4) is 0 Å². The number of allylic oxidation sites excluding steroid dienone is 4. The van der Waals surface area contributed by atoms with Crippen LogP contribution >= 0.6 is 23.8 Å². The highest BCUT2D eigenvalue weighted by atomic mass is 35.5. The van der Waals surface area contributed by atoms with Gasteiger partial charge in [0.15, 0.2) is 5.11 Å². The second-order valence-electron chi connectivity index (χ2n) is 11.0. The van der Waals surface area contributed by atoms with Crippen LogP contribution < -0.4 is 16.0 Å². The second-order valence-corrected chi connectivity index (χ2v) is 13.1. The van der Waals surface area contributed by atoms with E-state index < -0.39 is 16.5 Å². The van der Waals surface area contributed by atoms with Crippen LogP contribution in [0.15, 0.2) is 94.2 Å².